The van der Waals surface area contributed by atoms with Crippen LogP contribution in [0.15, 0.2) is 29.2 Å². The molecular formula is C20H27N5O2S. The summed E-state index contributed by atoms with van der Waals surface area (Å²) in [4.78, 5) is 17.9. The highest BCUT2D eigenvalue weighted by atomic mass is 32.2. The fourth-order valence-electron chi connectivity index (χ4n) is 3.11. The molecule has 3 aromatic rings. The highest BCUT2D eigenvalue weighted by molar-refractivity contribution is 7.90. The third kappa shape index (κ3) is 3.72. The zero-order valence-corrected chi connectivity index (χ0v) is 18.2. The number of rotatable bonds is 4. The zero-order valence-electron chi connectivity index (χ0n) is 17.4. The summed E-state index contributed by atoms with van der Waals surface area (Å²) in [5.74, 6) is 0.548. The number of fused-ring (bicyclic) bond motifs is 1. The molecule has 0 spiro atoms. The topological polar surface area (TPSA) is 87.8 Å². The molecule has 0 aliphatic heterocycles. The van der Waals surface area contributed by atoms with Crippen LogP contribution in [0.4, 0.5) is 0 Å². The summed E-state index contributed by atoms with van der Waals surface area (Å²) in [6, 6.07) is 5.45. The van der Waals surface area contributed by atoms with Gasteiger partial charge in [0.2, 0.25) is 0 Å². The van der Waals surface area contributed by atoms with Crippen LogP contribution < -0.4 is 10.3 Å². The smallest absolute Gasteiger partial charge is 0.261 e. The van der Waals surface area contributed by atoms with E-state index in [0.29, 0.717) is 16.7 Å². The Hall–Kier alpha value is -2.16. The van der Waals surface area contributed by atoms with Gasteiger partial charge < -0.3 is 4.55 Å². The molecule has 0 amide bonds. The van der Waals surface area contributed by atoms with Crippen molar-refractivity contribution in [1.29, 1.82) is 0 Å². The van der Waals surface area contributed by atoms with Crippen LogP contribution in [-0.4, -0.2) is 28.6 Å². The summed E-state index contributed by atoms with van der Waals surface area (Å²) in [5, 5.41) is 4.74. The van der Waals surface area contributed by atoms with Gasteiger partial charge in [0.05, 0.1) is 16.9 Å². The van der Waals surface area contributed by atoms with E-state index >= 15 is 0 Å². The van der Waals surface area contributed by atoms with E-state index in [4.69, 9.17) is 4.98 Å². The van der Waals surface area contributed by atoms with Gasteiger partial charge in [-0.15, -0.1) is 4.72 Å². The quantitative estimate of drug-likeness (QED) is 0.679. The molecule has 150 valence electrons. The zero-order chi connectivity index (χ0) is 20.8. The van der Waals surface area contributed by atoms with Crippen molar-refractivity contribution in [1.82, 2.24) is 24.1 Å². The van der Waals surface area contributed by atoms with Crippen LogP contribution in [0.1, 0.15) is 44.9 Å². The van der Waals surface area contributed by atoms with E-state index in [1.807, 2.05) is 59.9 Å². The summed E-state index contributed by atoms with van der Waals surface area (Å²) in [6.45, 7) is 9.66. The molecular weight excluding hydrogens is 374 g/mol. The second-order valence-electron chi connectivity index (χ2n) is 8.11. The Morgan fingerprint density at radius 1 is 1.25 bits per heavy atom. The van der Waals surface area contributed by atoms with E-state index < -0.39 is 16.1 Å². The summed E-state index contributed by atoms with van der Waals surface area (Å²) in [5.41, 5.74) is 3.08. The number of nitrogens with zero attached hydrogens (tertiary/aromatic N) is 4. The molecule has 0 aliphatic carbocycles. The molecule has 8 heteroatoms. The fourth-order valence-corrected chi connectivity index (χ4v) is 3.91. The Morgan fingerprint density at radius 3 is 2.50 bits per heavy atom. The highest BCUT2D eigenvalue weighted by Gasteiger charge is 2.29. The maximum atomic E-state index is 13.1. The summed E-state index contributed by atoms with van der Waals surface area (Å²) < 4.78 is 18.6. The lowest BCUT2D eigenvalue weighted by atomic mass is 10.0. The SMILES string of the molecule is Cc1cc([C@@H](C)N[S@+]([O-])C(C)(C)C)c2nc(-c3ccnn3C)n(C)c(=O)c2c1. The molecule has 0 aliphatic rings. The Morgan fingerprint density at radius 2 is 1.93 bits per heavy atom. The minimum absolute atomic E-state index is 0.115. The molecule has 1 N–H and O–H groups in total. The molecule has 0 saturated carbocycles. The van der Waals surface area contributed by atoms with Gasteiger partial charge in [-0.1, -0.05) is 6.07 Å². The van der Waals surface area contributed by atoms with E-state index in [-0.39, 0.29) is 11.6 Å². The molecule has 0 bridgehead atoms. The van der Waals surface area contributed by atoms with Crippen molar-refractivity contribution < 1.29 is 4.55 Å². The molecule has 2 heterocycles. The number of benzene rings is 1. The Bertz CT molecular complexity index is 1080. The van der Waals surface area contributed by atoms with Gasteiger partial charge in [-0.25, -0.2) is 4.98 Å². The first-order valence-corrected chi connectivity index (χ1v) is 10.3. The molecule has 0 unspecified atom stereocenters. The Kier molecular flexibility index (Phi) is 5.40. The normalized spacial score (nSPS) is 14.4. The van der Waals surface area contributed by atoms with E-state index in [0.717, 1.165) is 16.8 Å². The van der Waals surface area contributed by atoms with Crippen molar-refractivity contribution in [2.75, 3.05) is 0 Å². The molecule has 7 nitrogen and oxygen atoms in total. The predicted molar refractivity (Wildman–Crippen MR) is 113 cm³/mol. The number of hydrogen-bond donors (Lipinski definition) is 1. The lowest BCUT2D eigenvalue weighted by Crippen LogP contribution is -2.40. The maximum Gasteiger partial charge on any atom is 0.261 e. The van der Waals surface area contributed by atoms with Gasteiger partial charge in [0.15, 0.2) is 5.82 Å². The molecule has 0 fully saturated rings. The van der Waals surface area contributed by atoms with Crippen molar-refractivity contribution in [2.24, 2.45) is 14.1 Å². The molecule has 28 heavy (non-hydrogen) atoms. The molecule has 1 aromatic carbocycles. The molecule has 2 aromatic heterocycles. The molecule has 0 radical (unpaired) electrons. The van der Waals surface area contributed by atoms with Gasteiger partial charge in [0.1, 0.15) is 10.4 Å². The second-order valence-corrected chi connectivity index (χ2v) is 10.1. The van der Waals surface area contributed by atoms with Gasteiger partial charge in [-0.3, -0.25) is 14.0 Å². The predicted octanol–water partition coefficient (Wildman–Crippen LogP) is 2.76. The Balaban J connectivity index is 2.22. The van der Waals surface area contributed by atoms with Gasteiger partial charge in [-0.2, -0.15) is 5.10 Å². The van der Waals surface area contributed by atoms with Crippen LogP contribution >= 0.6 is 0 Å². The highest BCUT2D eigenvalue weighted by Crippen LogP contribution is 2.27. The summed E-state index contributed by atoms with van der Waals surface area (Å²) in [6.07, 6.45) is 1.68. The number of nitrogens with one attached hydrogen (secondary N) is 1. The first-order chi connectivity index (χ1) is 13.0. The van der Waals surface area contributed by atoms with Crippen LogP contribution in [0, 0.1) is 6.92 Å². The van der Waals surface area contributed by atoms with Crippen LogP contribution in [0.3, 0.4) is 0 Å². The lowest BCUT2D eigenvalue weighted by molar-refractivity contribution is 0.531. The first-order valence-electron chi connectivity index (χ1n) is 9.18. The Labute approximate surface area is 168 Å². The summed E-state index contributed by atoms with van der Waals surface area (Å²) in [7, 11) is 3.54. The molecule has 3 rings (SSSR count). The van der Waals surface area contributed by atoms with Crippen molar-refractivity contribution >= 4 is 22.3 Å². The van der Waals surface area contributed by atoms with E-state index in [1.54, 1.807) is 22.5 Å². The molecule has 2 atom stereocenters. The van der Waals surface area contributed by atoms with Crippen molar-refractivity contribution in [3.63, 3.8) is 0 Å². The first kappa shape index (κ1) is 20.6. The standard InChI is InChI=1S/C20H27N5O2S/c1-12-10-14(13(2)23-28(27)20(3,4)5)17-15(11-12)19(26)24(6)18(22-17)16-8-9-21-25(16)7/h8-11,13,23H,1-7H3/t13-,28-/m1/s1. The van der Waals surface area contributed by atoms with Crippen molar-refractivity contribution in [2.45, 2.75) is 45.4 Å². The van der Waals surface area contributed by atoms with Crippen LogP contribution in [0.5, 0.6) is 0 Å². The largest absolute Gasteiger partial charge is 0.598 e. The lowest BCUT2D eigenvalue weighted by Gasteiger charge is -2.27. The van der Waals surface area contributed by atoms with Gasteiger partial charge >= 0.3 is 0 Å². The number of aromatic nitrogens is 4. The van der Waals surface area contributed by atoms with Gasteiger partial charge in [0.25, 0.3) is 5.56 Å². The second kappa shape index (κ2) is 7.35. The third-order valence-corrected chi connectivity index (χ3v) is 6.39. The van der Waals surface area contributed by atoms with Gasteiger partial charge in [0, 0.05) is 37.2 Å². The van der Waals surface area contributed by atoms with E-state index in [9.17, 15) is 9.35 Å². The summed E-state index contributed by atoms with van der Waals surface area (Å²) >= 11 is -1.24. The minimum Gasteiger partial charge on any atom is -0.598 e. The average Bonchev–Trinajstić information content (AvgIpc) is 3.02. The van der Waals surface area contributed by atoms with Gasteiger partial charge in [-0.05, 0) is 52.3 Å². The van der Waals surface area contributed by atoms with Crippen LogP contribution in [0.25, 0.3) is 22.4 Å². The monoisotopic (exact) mass is 401 g/mol. The van der Waals surface area contributed by atoms with Crippen molar-refractivity contribution in [3.05, 3.63) is 45.9 Å². The van der Waals surface area contributed by atoms with E-state index in [2.05, 4.69) is 9.82 Å². The van der Waals surface area contributed by atoms with Crippen LogP contribution in [0.2, 0.25) is 0 Å². The average molecular weight is 402 g/mol. The number of aryl methyl sites for hydroxylation is 2. The van der Waals surface area contributed by atoms with Crippen LogP contribution in [-0.2, 0) is 25.5 Å². The fraction of sp³-hybridized carbons (Fsp3) is 0.450. The minimum atomic E-state index is -1.24. The van der Waals surface area contributed by atoms with Crippen molar-refractivity contribution in [3.8, 4) is 11.5 Å². The number of hydrogen-bond acceptors (Lipinski definition) is 5. The maximum absolute atomic E-state index is 13.1. The molecule has 0 saturated heterocycles. The third-order valence-electron chi connectivity index (χ3n) is 4.71. The van der Waals surface area contributed by atoms with E-state index in [1.165, 1.54) is 0 Å².